The summed E-state index contributed by atoms with van der Waals surface area (Å²) in [6.07, 6.45) is 0. The number of aromatic nitrogens is 3. The molecule has 0 aliphatic rings. The molecule has 146 valence electrons. The van der Waals surface area contributed by atoms with Crippen molar-refractivity contribution in [3.63, 3.8) is 0 Å². The Balaban J connectivity index is 1.62. The summed E-state index contributed by atoms with van der Waals surface area (Å²) in [6, 6.07) is 16.3. The lowest BCUT2D eigenvalue weighted by atomic mass is 10.2. The first-order chi connectivity index (χ1) is 14.0. The van der Waals surface area contributed by atoms with E-state index in [-0.39, 0.29) is 5.91 Å². The number of anilines is 1. The van der Waals surface area contributed by atoms with Crippen molar-refractivity contribution >= 4 is 34.7 Å². The minimum Gasteiger partial charge on any atom is -0.497 e. The Hall–Kier alpha value is -3.16. The molecular weight excluding hydrogens is 408 g/mol. The van der Waals surface area contributed by atoms with Gasteiger partial charge in [-0.1, -0.05) is 29.8 Å². The number of carbonyl (C=O) groups is 1. The summed E-state index contributed by atoms with van der Waals surface area (Å²) in [4.78, 5) is 17.4. The minimum absolute atomic E-state index is 0.250. The first kappa shape index (κ1) is 19.2. The third kappa shape index (κ3) is 4.16. The molecule has 0 bridgehead atoms. The number of hydrogen-bond acceptors (Lipinski definition) is 5. The lowest BCUT2D eigenvalue weighted by Crippen LogP contribution is -2.15. The van der Waals surface area contributed by atoms with E-state index in [0.29, 0.717) is 27.3 Å². The van der Waals surface area contributed by atoms with Gasteiger partial charge in [-0.25, -0.2) is 4.98 Å². The second-order valence-electron chi connectivity index (χ2n) is 6.29. The summed E-state index contributed by atoms with van der Waals surface area (Å²) >= 11 is 7.40. The van der Waals surface area contributed by atoms with Gasteiger partial charge in [-0.15, -0.1) is 11.3 Å². The van der Waals surface area contributed by atoms with Gasteiger partial charge in [-0.2, -0.15) is 9.78 Å². The van der Waals surface area contributed by atoms with Crippen molar-refractivity contribution in [3.8, 4) is 22.1 Å². The van der Waals surface area contributed by atoms with E-state index in [1.165, 1.54) is 11.3 Å². The molecule has 0 spiro atoms. The van der Waals surface area contributed by atoms with Crippen molar-refractivity contribution in [3.05, 3.63) is 76.3 Å². The summed E-state index contributed by atoms with van der Waals surface area (Å²) in [5, 5.41) is 10.7. The highest BCUT2D eigenvalue weighted by molar-refractivity contribution is 7.12. The van der Waals surface area contributed by atoms with Gasteiger partial charge in [0.05, 0.1) is 18.5 Å². The zero-order valence-electron chi connectivity index (χ0n) is 15.7. The maximum atomic E-state index is 12.7. The molecule has 6 nitrogen and oxygen atoms in total. The van der Waals surface area contributed by atoms with E-state index in [1.54, 1.807) is 42.1 Å². The van der Waals surface area contributed by atoms with E-state index in [0.717, 1.165) is 17.0 Å². The van der Waals surface area contributed by atoms with Crippen LogP contribution in [0.4, 0.5) is 5.82 Å². The van der Waals surface area contributed by atoms with Gasteiger partial charge in [0.15, 0.2) is 0 Å². The molecule has 0 unspecified atom stereocenters. The molecule has 2 heterocycles. The zero-order valence-corrected chi connectivity index (χ0v) is 17.3. The van der Waals surface area contributed by atoms with Gasteiger partial charge in [-0.05, 0) is 37.3 Å². The minimum atomic E-state index is -0.250. The summed E-state index contributed by atoms with van der Waals surface area (Å²) in [6.45, 7) is 1.87. The molecule has 2 aromatic carbocycles. The number of ether oxygens (including phenoxy) is 1. The smallest absolute Gasteiger partial charge is 0.256 e. The zero-order chi connectivity index (χ0) is 20.4. The van der Waals surface area contributed by atoms with E-state index in [9.17, 15) is 4.79 Å². The third-order valence-corrected chi connectivity index (χ3v) is 5.29. The van der Waals surface area contributed by atoms with Gasteiger partial charge in [0.1, 0.15) is 11.6 Å². The molecule has 4 rings (SSSR count). The van der Waals surface area contributed by atoms with Crippen LogP contribution in [0.5, 0.6) is 5.75 Å². The topological polar surface area (TPSA) is 69.0 Å². The number of amides is 1. The van der Waals surface area contributed by atoms with Crippen molar-refractivity contribution in [1.29, 1.82) is 0 Å². The molecule has 8 heteroatoms. The summed E-state index contributed by atoms with van der Waals surface area (Å²) in [7, 11) is 1.57. The molecule has 2 aromatic heterocycles. The quantitative estimate of drug-likeness (QED) is 0.477. The van der Waals surface area contributed by atoms with Crippen molar-refractivity contribution in [2.45, 2.75) is 6.92 Å². The molecule has 29 heavy (non-hydrogen) atoms. The van der Waals surface area contributed by atoms with Gasteiger partial charge in [0.25, 0.3) is 5.91 Å². The van der Waals surface area contributed by atoms with Crippen LogP contribution < -0.4 is 10.1 Å². The van der Waals surface area contributed by atoms with Crippen LogP contribution in [0.2, 0.25) is 5.02 Å². The number of rotatable bonds is 5. The molecule has 0 saturated carbocycles. The van der Waals surface area contributed by atoms with E-state index < -0.39 is 0 Å². The Morgan fingerprint density at radius 2 is 1.97 bits per heavy atom. The average Bonchev–Trinajstić information content (AvgIpc) is 3.35. The standard InChI is InChI=1S/C21H17ClN4O2S/c1-13-10-19(24-20(27)15-4-3-5-17(11-15)28-2)26(25-13)21-23-18(12-29-21)14-6-8-16(22)9-7-14/h3-12H,1-2H3,(H,24,27). The number of methoxy groups -OCH3 is 1. The van der Waals surface area contributed by atoms with Crippen molar-refractivity contribution in [1.82, 2.24) is 14.8 Å². The molecule has 1 amide bonds. The first-order valence-electron chi connectivity index (χ1n) is 8.77. The number of benzene rings is 2. The Morgan fingerprint density at radius 3 is 2.72 bits per heavy atom. The lowest BCUT2D eigenvalue weighted by Gasteiger charge is -2.07. The van der Waals surface area contributed by atoms with E-state index in [1.807, 2.05) is 36.6 Å². The summed E-state index contributed by atoms with van der Waals surface area (Å²) in [5.74, 6) is 0.918. The fourth-order valence-corrected chi connectivity index (χ4v) is 3.72. The molecule has 0 saturated heterocycles. The number of nitrogens with zero attached hydrogens (tertiary/aromatic N) is 3. The van der Waals surface area contributed by atoms with Crippen molar-refractivity contribution in [2.75, 3.05) is 12.4 Å². The highest BCUT2D eigenvalue weighted by Gasteiger charge is 2.16. The second-order valence-corrected chi connectivity index (χ2v) is 7.56. The Kier molecular flexibility index (Phi) is 5.33. The van der Waals surface area contributed by atoms with Crippen LogP contribution in [0.1, 0.15) is 16.1 Å². The Morgan fingerprint density at radius 1 is 1.17 bits per heavy atom. The van der Waals surface area contributed by atoms with Crippen LogP contribution in [-0.2, 0) is 0 Å². The lowest BCUT2D eigenvalue weighted by molar-refractivity contribution is 0.102. The monoisotopic (exact) mass is 424 g/mol. The second kappa shape index (κ2) is 8.06. The maximum Gasteiger partial charge on any atom is 0.256 e. The SMILES string of the molecule is COc1cccc(C(=O)Nc2cc(C)nn2-c2nc(-c3ccc(Cl)cc3)cs2)c1. The van der Waals surface area contributed by atoms with Gasteiger partial charge in [-0.3, -0.25) is 4.79 Å². The average molecular weight is 425 g/mol. The molecule has 1 N–H and O–H groups in total. The molecule has 0 fully saturated rings. The maximum absolute atomic E-state index is 12.7. The van der Waals surface area contributed by atoms with Crippen LogP contribution in [0, 0.1) is 6.92 Å². The van der Waals surface area contributed by atoms with Gasteiger partial charge in [0.2, 0.25) is 5.13 Å². The number of carbonyl (C=O) groups excluding carboxylic acids is 1. The fraction of sp³-hybridized carbons (Fsp3) is 0.0952. The summed E-state index contributed by atoms with van der Waals surface area (Å²) in [5.41, 5.74) is 3.05. The van der Waals surface area contributed by atoms with Gasteiger partial charge >= 0.3 is 0 Å². The third-order valence-electron chi connectivity index (χ3n) is 4.22. The van der Waals surface area contributed by atoms with Crippen LogP contribution in [0.25, 0.3) is 16.4 Å². The van der Waals surface area contributed by atoms with Crippen LogP contribution in [0.3, 0.4) is 0 Å². The van der Waals surface area contributed by atoms with Crippen LogP contribution in [-0.4, -0.2) is 27.8 Å². The van der Waals surface area contributed by atoms with E-state index in [4.69, 9.17) is 16.3 Å². The molecule has 0 aliphatic heterocycles. The molecule has 4 aromatic rings. The van der Waals surface area contributed by atoms with E-state index >= 15 is 0 Å². The molecule has 0 radical (unpaired) electrons. The van der Waals surface area contributed by atoms with Gasteiger partial charge < -0.3 is 10.1 Å². The number of thiazole rings is 1. The molecule has 0 aliphatic carbocycles. The Bertz CT molecular complexity index is 1170. The van der Waals surface area contributed by atoms with Crippen molar-refractivity contribution in [2.24, 2.45) is 0 Å². The normalized spacial score (nSPS) is 10.7. The highest BCUT2D eigenvalue weighted by atomic mass is 35.5. The number of halogens is 1. The summed E-state index contributed by atoms with van der Waals surface area (Å²) < 4.78 is 6.83. The largest absolute Gasteiger partial charge is 0.497 e. The predicted octanol–water partition coefficient (Wildman–Crippen LogP) is 5.22. The Labute approximate surface area is 176 Å². The molecule has 0 atom stereocenters. The number of hydrogen-bond donors (Lipinski definition) is 1. The highest BCUT2D eigenvalue weighted by Crippen LogP contribution is 2.27. The van der Waals surface area contributed by atoms with E-state index in [2.05, 4.69) is 15.4 Å². The first-order valence-corrected chi connectivity index (χ1v) is 10.0. The number of aryl methyl sites for hydroxylation is 1. The van der Waals surface area contributed by atoms with Gasteiger partial charge in [0, 0.05) is 27.6 Å². The molecular formula is C21H17ClN4O2S. The number of nitrogens with one attached hydrogen (secondary N) is 1. The fourth-order valence-electron chi connectivity index (χ4n) is 2.80. The van der Waals surface area contributed by atoms with Crippen LogP contribution >= 0.6 is 22.9 Å². The van der Waals surface area contributed by atoms with Crippen LogP contribution in [0.15, 0.2) is 60.0 Å². The van der Waals surface area contributed by atoms with Crippen molar-refractivity contribution < 1.29 is 9.53 Å². The predicted molar refractivity (Wildman–Crippen MR) is 115 cm³/mol.